The predicted molar refractivity (Wildman–Crippen MR) is 135 cm³/mol. The first-order valence-corrected chi connectivity index (χ1v) is 11.0. The molecular weight excluding hydrogens is 476 g/mol. The first kappa shape index (κ1) is 24.9. The number of aldehydes is 1. The quantitative estimate of drug-likeness (QED) is 0.148. The molecule has 2 aromatic carbocycles. The number of ether oxygens (including phenoxy) is 1. The van der Waals surface area contributed by atoms with Crippen LogP contribution >= 0.6 is 23.8 Å². The first-order valence-electron chi connectivity index (χ1n) is 10.2. The van der Waals surface area contributed by atoms with Crippen LogP contribution < -0.4 is 15.0 Å². The van der Waals surface area contributed by atoms with Gasteiger partial charge in [0.1, 0.15) is 29.1 Å². The van der Waals surface area contributed by atoms with Crippen LogP contribution in [0.5, 0.6) is 5.75 Å². The van der Waals surface area contributed by atoms with Gasteiger partial charge in [0.15, 0.2) is 0 Å². The molecule has 3 rings (SSSR count). The van der Waals surface area contributed by atoms with Crippen molar-refractivity contribution in [1.29, 1.82) is 0 Å². The minimum absolute atomic E-state index is 0.195. The molecule has 0 saturated carbocycles. The van der Waals surface area contributed by atoms with E-state index in [0.29, 0.717) is 46.2 Å². The Morgan fingerprint density at radius 2 is 1.97 bits per heavy atom. The van der Waals surface area contributed by atoms with Gasteiger partial charge in [-0.1, -0.05) is 36.0 Å². The second-order valence-electron chi connectivity index (χ2n) is 7.00. The lowest BCUT2D eigenvalue weighted by Gasteiger charge is -2.19. The first-order chi connectivity index (χ1) is 16.4. The van der Waals surface area contributed by atoms with Gasteiger partial charge in [0.2, 0.25) is 0 Å². The summed E-state index contributed by atoms with van der Waals surface area (Å²) in [6.07, 6.45) is 2.02. The maximum Gasteiger partial charge on any atom is 0.263 e. The highest BCUT2D eigenvalue weighted by Gasteiger charge is 2.23. The van der Waals surface area contributed by atoms with Crippen molar-refractivity contribution in [2.24, 2.45) is 0 Å². The van der Waals surface area contributed by atoms with E-state index in [2.05, 4.69) is 5.32 Å². The number of carbonyl (C=O) groups is 3. The molecule has 0 saturated heterocycles. The van der Waals surface area contributed by atoms with E-state index in [-0.39, 0.29) is 11.3 Å². The normalized spacial score (nSPS) is 11.0. The van der Waals surface area contributed by atoms with E-state index < -0.39 is 11.8 Å². The molecule has 0 aliphatic carbocycles. The Kier molecular flexibility index (Phi) is 8.34. The Labute approximate surface area is 207 Å². The average Bonchev–Trinajstić information content (AvgIpc) is 3.31. The number of rotatable bonds is 9. The van der Waals surface area contributed by atoms with Gasteiger partial charge in [-0.15, -0.1) is 0 Å². The zero-order valence-corrected chi connectivity index (χ0v) is 20.0. The number of hydrogen-bond donors (Lipinski definition) is 1. The standard InChI is InChI=1S/C25H21ClN2O5S/c1-3-32-18-6-4-5-17(12-18)28(2)25(31)21(24(30)27-15-34)13-19-8-10-23(33-19)20-11-16(14-29)7-9-22(20)26/h4-15H,3H2,1-2H3,(H,27,30,34)/b21-13+. The van der Waals surface area contributed by atoms with Crippen LogP contribution in [0.25, 0.3) is 17.4 Å². The van der Waals surface area contributed by atoms with Gasteiger partial charge >= 0.3 is 0 Å². The van der Waals surface area contributed by atoms with Crippen molar-refractivity contribution < 1.29 is 23.5 Å². The molecule has 0 atom stereocenters. The van der Waals surface area contributed by atoms with Crippen LogP contribution in [0, 0.1) is 0 Å². The Balaban J connectivity index is 1.97. The fourth-order valence-electron chi connectivity index (χ4n) is 3.12. The summed E-state index contributed by atoms with van der Waals surface area (Å²) >= 11 is 11.0. The number of hydrogen-bond acceptors (Lipinski definition) is 6. The molecule has 1 heterocycles. The summed E-state index contributed by atoms with van der Waals surface area (Å²) in [6.45, 7) is 2.34. The molecule has 0 fully saturated rings. The number of halogens is 1. The zero-order valence-electron chi connectivity index (χ0n) is 18.4. The van der Waals surface area contributed by atoms with Crippen LogP contribution in [0.3, 0.4) is 0 Å². The summed E-state index contributed by atoms with van der Waals surface area (Å²) in [7, 11) is 1.55. The molecule has 174 valence electrons. The summed E-state index contributed by atoms with van der Waals surface area (Å²) in [5, 5.41) is 2.74. The van der Waals surface area contributed by atoms with Crippen molar-refractivity contribution in [2.45, 2.75) is 6.92 Å². The lowest BCUT2D eigenvalue weighted by Crippen LogP contribution is -2.35. The summed E-state index contributed by atoms with van der Waals surface area (Å²) in [5.41, 5.74) is 2.30. The monoisotopic (exact) mass is 496 g/mol. The van der Waals surface area contributed by atoms with Gasteiger partial charge in [0.25, 0.3) is 11.8 Å². The van der Waals surface area contributed by atoms with Crippen LogP contribution in [0.15, 0.2) is 64.6 Å². The number of benzene rings is 2. The van der Waals surface area contributed by atoms with E-state index in [4.69, 9.17) is 33.0 Å². The Morgan fingerprint density at radius 3 is 2.68 bits per heavy atom. The topological polar surface area (TPSA) is 88.8 Å². The maximum absolute atomic E-state index is 13.3. The number of thiocarbonyl (C=S) groups is 1. The Morgan fingerprint density at radius 1 is 1.18 bits per heavy atom. The predicted octanol–water partition coefficient (Wildman–Crippen LogP) is 4.93. The van der Waals surface area contributed by atoms with Gasteiger partial charge in [0.05, 0.1) is 17.1 Å². The number of nitrogens with zero attached hydrogens (tertiary/aromatic N) is 1. The maximum atomic E-state index is 13.3. The second kappa shape index (κ2) is 11.4. The van der Waals surface area contributed by atoms with Gasteiger partial charge in [-0.2, -0.15) is 0 Å². The van der Waals surface area contributed by atoms with E-state index in [0.717, 1.165) is 5.49 Å². The van der Waals surface area contributed by atoms with Gasteiger partial charge in [-0.25, -0.2) is 0 Å². The number of likely N-dealkylation sites (N-methyl/N-ethyl adjacent to an activating group) is 1. The highest BCUT2D eigenvalue weighted by atomic mass is 35.5. The molecule has 3 aromatic rings. The molecule has 34 heavy (non-hydrogen) atoms. The summed E-state index contributed by atoms with van der Waals surface area (Å²) in [6, 6.07) is 14.9. The highest BCUT2D eigenvalue weighted by molar-refractivity contribution is 7.78. The number of furan rings is 1. The van der Waals surface area contributed by atoms with E-state index in [9.17, 15) is 14.4 Å². The summed E-state index contributed by atoms with van der Waals surface area (Å²) in [5.74, 6) is -0.0611. The van der Waals surface area contributed by atoms with Crippen LogP contribution in [0.4, 0.5) is 5.69 Å². The third kappa shape index (κ3) is 5.78. The molecule has 1 aromatic heterocycles. The Bertz CT molecular complexity index is 1270. The summed E-state index contributed by atoms with van der Waals surface area (Å²) in [4.78, 5) is 38.3. The van der Waals surface area contributed by atoms with Crippen LogP contribution in [0.1, 0.15) is 23.0 Å². The van der Waals surface area contributed by atoms with Crippen molar-refractivity contribution in [3.05, 3.63) is 76.5 Å². The second-order valence-corrected chi connectivity index (χ2v) is 7.65. The van der Waals surface area contributed by atoms with Gasteiger partial charge in [-0.05, 0) is 49.4 Å². The number of carbonyl (C=O) groups excluding carboxylic acids is 3. The van der Waals surface area contributed by atoms with Gasteiger partial charge in [0, 0.05) is 29.9 Å². The molecule has 0 bridgehead atoms. The molecule has 0 radical (unpaired) electrons. The third-order valence-electron chi connectivity index (χ3n) is 4.79. The fourth-order valence-corrected chi connectivity index (χ4v) is 3.44. The molecule has 7 nitrogen and oxygen atoms in total. The van der Waals surface area contributed by atoms with Gasteiger partial charge in [-0.3, -0.25) is 14.4 Å². The van der Waals surface area contributed by atoms with Crippen molar-refractivity contribution in [3.8, 4) is 17.1 Å². The average molecular weight is 497 g/mol. The molecular formula is C25H21ClN2O5S. The van der Waals surface area contributed by atoms with Crippen molar-refractivity contribution in [2.75, 3.05) is 18.6 Å². The van der Waals surface area contributed by atoms with E-state index in [1.165, 1.54) is 11.0 Å². The third-order valence-corrected chi connectivity index (χ3v) is 5.24. The minimum atomic E-state index is -0.688. The Hall–Kier alpha value is -3.75. The molecule has 0 aliphatic heterocycles. The van der Waals surface area contributed by atoms with Gasteiger partial charge < -0.3 is 19.4 Å². The van der Waals surface area contributed by atoms with Crippen molar-refractivity contribution in [1.82, 2.24) is 5.32 Å². The SMILES string of the molecule is CCOc1cccc(N(C)C(=O)/C(=C/c2ccc(-c3cc(C=O)ccc3Cl)o2)C(=O)NC=S)c1. The number of anilines is 1. The number of nitrogens with one attached hydrogen (secondary N) is 1. The summed E-state index contributed by atoms with van der Waals surface area (Å²) < 4.78 is 11.3. The fraction of sp³-hybridized carbons (Fsp3) is 0.120. The molecule has 0 aliphatic rings. The molecule has 2 amide bonds. The van der Waals surface area contributed by atoms with E-state index in [1.807, 2.05) is 6.92 Å². The van der Waals surface area contributed by atoms with Crippen LogP contribution in [-0.4, -0.2) is 37.2 Å². The molecule has 1 N–H and O–H groups in total. The lowest BCUT2D eigenvalue weighted by molar-refractivity contribution is -0.121. The smallest absolute Gasteiger partial charge is 0.263 e. The van der Waals surface area contributed by atoms with E-state index in [1.54, 1.807) is 61.6 Å². The molecule has 9 heteroatoms. The largest absolute Gasteiger partial charge is 0.494 e. The number of amides is 2. The van der Waals surface area contributed by atoms with Crippen LogP contribution in [-0.2, 0) is 9.59 Å². The minimum Gasteiger partial charge on any atom is -0.494 e. The lowest BCUT2D eigenvalue weighted by atomic mass is 10.1. The molecule has 0 spiro atoms. The highest BCUT2D eigenvalue weighted by Crippen LogP contribution is 2.31. The molecule has 0 unspecified atom stereocenters. The zero-order chi connectivity index (χ0) is 24.7. The van der Waals surface area contributed by atoms with E-state index >= 15 is 0 Å². The van der Waals surface area contributed by atoms with Crippen molar-refractivity contribution in [3.63, 3.8) is 0 Å². The van der Waals surface area contributed by atoms with Crippen LogP contribution in [0.2, 0.25) is 5.02 Å². The van der Waals surface area contributed by atoms with Crippen molar-refractivity contribution >= 4 is 59.2 Å².